The van der Waals surface area contributed by atoms with Crippen molar-refractivity contribution in [1.82, 2.24) is 0 Å². The fourth-order valence-corrected chi connectivity index (χ4v) is 1.52. The van der Waals surface area contributed by atoms with Gasteiger partial charge in [0, 0.05) is 12.5 Å². The van der Waals surface area contributed by atoms with Crippen LogP contribution in [0.1, 0.15) is 18.4 Å². The largest absolute Gasteiger partial charge is 0.390 e. The van der Waals surface area contributed by atoms with E-state index in [1.54, 1.807) is 0 Å². The first-order chi connectivity index (χ1) is 7.02. The SMILES string of the molecule is O=[N+]([O-])c1cccc(CC2(O)CC2)c1F. The van der Waals surface area contributed by atoms with Gasteiger partial charge in [0.15, 0.2) is 0 Å². The summed E-state index contributed by atoms with van der Waals surface area (Å²) < 4.78 is 13.5. The summed E-state index contributed by atoms with van der Waals surface area (Å²) in [5.74, 6) is -0.831. The Morgan fingerprint density at radius 3 is 2.73 bits per heavy atom. The third-order valence-electron chi connectivity index (χ3n) is 2.60. The van der Waals surface area contributed by atoms with Crippen LogP contribution in [-0.2, 0) is 6.42 Å². The highest BCUT2D eigenvalue weighted by Gasteiger charge is 2.41. The number of benzene rings is 1. The lowest BCUT2D eigenvalue weighted by atomic mass is 10.1. The first-order valence-electron chi connectivity index (χ1n) is 4.66. The van der Waals surface area contributed by atoms with Crippen molar-refractivity contribution in [2.45, 2.75) is 24.9 Å². The van der Waals surface area contributed by atoms with Gasteiger partial charge in [0.2, 0.25) is 5.82 Å². The summed E-state index contributed by atoms with van der Waals surface area (Å²) in [6, 6.07) is 4.02. The molecule has 4 nitrogen and oxygen atoms in total. The first kappa shape index (κ1) is 10.0. The molecule has 1 aliphatic carbocycles. The molecule has 15 heavy (non-hydrogen) atoms. The van der Waals surface area contributed by atoms with Gasteiger partial charge in [-0.25, -0.2) is 0 Å². The third kappa shape index (κ3) is 1.97. The molecule has 0 saturated heterocycles. The Kier molecular flexibility index (Phi) is 2.19. The van der Waals surface area contributed by atoms with Gasteiger partial charge in [-0.15, -0.1) is 0 Å². The van der Waals surface area contributed by atoms with E-state index in [0.717, 1.165) is 6.07 Å². The van der Waals surface area contributed by atoms with Crippen molar-refractivity contribution in [3.63, 3.8) is 0 Å². The topological polar surface area (TPSA) is 63.4 Å². The summed E-state index contributed by atoms with van der Waals surface area (Å²) in [4.78, 5) is 9.70. The zero-order valence-electron chi connectivity index (χ0n) is 7.94. The summed E-state index contributed by atoms with van der Waals surface area (Å²) >= 11 is 0. The maximum Gasteiger partial charge on any atom is 0.305 e. The van der Waals surface area contributed by atoms with E-state index >= 15 is 0 Å². The zero-order chi connectivity index (χ0) is 11.1. The Balaban J connectivity index is 2.31. The number of hydrogen-bond acceptors (Lipinski definition) is 3. The van der Waals surface area contributed by atoms with Gasteiger partial charge in [0.05, 0.1) is 10.5 Å². The maximum absolute atomic E-state index is 13.5. The van der Waals surface area contributed by atoms with Crippen LogP contribution >= 0.6 is 0 Å². The number of rotatable bonds is 3. The van der Waals surface area contributed by atoms with Crippen LogP contribution in [0.4, 0.5) is 10.1 Å². The van der Waals surface area contributed by atoms with Crippen LogP contribution in [0.25, 0.3) is 0 Å². The van der Waals surface area contributed by atoms with Crippen LogP contribution in [0.15, 0.2) is 18.2 Å². The number of nitro benzene ring substituents is 1. The molecule has 0 aromatic heterocycles. The lowest BCUT2D eigenvalue weighted by Crippen LogP contribution is -2.12. The van der Waals surface area contributed by atoms with E-state index in [-0.39, 0.29) is 12.0 Å². The molecular weight excluding hydrogens is 201 g/mol. The molecule has 1 aromatic rings. The van der Waals surface area contributed by atoms with Crippen LogP contribution < -0.4 is 0 Å². The van der Waals surface area contributed by atoms with Gasteiger partial charge in [-0.2, -0.15) is 4.39 Å². The number of aliphatic hydroxyl groups is 1. The van der Waals surface area contributed by atoms with E-state index < -0.39 is 22.0 Å². The van der Waals surface area contributed by atoms with Crippen molar-refractivity contribution in [2.75, 3.05) is 0 Å². The quantitative estimate of drug-likeness (QED) is 0.612. The molecule has 1 aliphatic rings. The van der Waals surface area contributed by atoms with Crippen molar-refractivity contribution in [3.8, 4) is 0 Å². The van der Waals surface area contributed by atoms with Crippen LogP contribution in [0.2, 0.25) is 0 Å². The Morgan fingerprint density at radius 2 is 2.20 bits per heavy atom. The lowest BCUT2D eigenvalue weighted by molar-refractivity contribution is -0.387. The standard InChI is InChI=1S/C10H10FNO3/c11-9-7(6-10(13)4-5-10)2-1-3-8(9)12(14)15/h1-3,13H,4-6H2. The molecule has 2 rings (SSSR count). The van der Waals surface area contributed by atoms with Crippen LogP contribution in [-0.4, -0.2) is 15.6 Å². The van der Waals surface area contributed by atoms with Gasteiger partial charge < -0.3 is 5.11 Å². The molecule has 0 heterocycles. The van der Waals surface area contributed by atoms with Crippen molar-refractivity contribution >= 4 is 5.69 Å². The molecule has 5 heteroatoms. The summed E-state index contributed by atoms with van der Waals surface area (Å²) in [5, 5.41) is 20.1. The molecular formula is C10H10FNO3. The fraction of sp³-hybridized carbons (Fsp3) is 0.400. The predicted molar refractivity (Wildman–Crippen MR) is 50.9 cm³/mol. The molecule has 1 aromatic carbocycles. The fourth-order valence-electron chi connectivity index (χ4n) is 1.52. The lowest BCUT2D eigenvalue weighted by Gasteiger charge is -2.07. The maximum atomic E-state index is 13.5. The first-order valence-corrected chi connectivity index (χ1v) is 4.66. The molecule has 1 fully saturated rings. The number of halogens is 1. The smallest absolute Gasteiger partial charge is 0.305 e. The van der Waals surface area contributed by atoms with E-state index in [0.29, 0.717) is 12.8 Å². The Hall–Kier alpha value is -1.49. The van der Waals surface area contributed by atoms with Crippen molar-refractivity contribution in [3.05, 3.63) is 39.7 Å². The molecule has 0 atom stereocenters. The van der Waals surface area contributed by atoms with E-state index in [1.807, 2.05) is 0 Å². The molecule has 0 radical (unpaired) electrons. The predicted octanol–water partition coefficient (Wildman–Crippen LogP) is 1.80. The molecule has 0 bridgehead atoms. The minimum atomic E-state index is -0.837. The van der Waals surface area contributed by atoms with E-state index in [4.69, 9.17) is 0 Å². The summed E-state index contributed by atoms with van der Waals surface area (Å²) in [7, 11) is 0. The molecule has 0 amide bonds. The summed E-state index contributed by atoms with van der Waals surface area (Å²) in [6.07, 6.45) is 1.42. The third-order valence-corrected chi connectivity index (χ3v) is 2.60. The monoisotopic (exact) mass is 211 g/mol. The van der Waals surface area contributed by atoms with Crippen molar-refractivity contribution in [2.24, 2.45) is 0 Å². The van der Waals surface area contributed by atoms with Crippen LogP contribution in [0.3, 0.4) is 0 Å². The summed E-state index contributed by atoms with van der Waals surface area (Å²) in [5.41, 5.74) is -1.16. The molecule has 1 saturated carbocycles. The number of hydrogen-bond donors (Lipinski definition) is 1. The Bertz CT molecular complexity index is 415. The van der Waals surface area contributed by atoms with E-state index in [2.05, 4.69) is 0 Å². The average Bonchev–Trinajstić information content (AvgIpc) is 2.87. The second-order valence-corrected chi connectivity index (χ2v) is 3.91. The van der Waals surface area contributed by atoms with Crippen LogP contribution in [0.5, 0.6) is 0 Å². The Labute approximate surface area is 85.5 Å². The normalized spacial score (nSPS) is 17.5. The second-order valence-electron chi connectivity index (χ2n) is 3.91. The molecule has 0 aliphatic heterocycles. The van der Waals surface area contributed by atoms with Crippen molar-refractivity contribution < 1.29 is 14.4 Å². The highest BCUT2D eigenvalue weighted by Crippen LogP contribution is 2.39. The average molecular weight is 211 g/mol. The number of nitro groups is 1. The number of nitrogens with zero attached hydrogens (tertiary/aromatic N) is 1. The second kappa shape index (κ2) is 3.27. The highest BCUT2D eigenvalue weighted by atomic mass is 19.1. The molecule has 0 spiro atoms. The molecule has 0 unspecified atom stereocenters. The van der Waals surface area contributed by atoms with E-state index in [1.165, 1.54) is 12.1 Å². The Morgan fingerprint density at radius 1 is 1.53 bits per heavy atom. The molecule has 80 valence electrons. The van der Waals surface area contributed by atoms with Crippen molar-refractivity contribution in [1.29, 1.82) is 0 Å². The van der Waals surface area contributed by atoms with E-state index in [9.17, 15) is 19.6 Å². The molecule has 1 N–H and O–H groups in total. The van der Waals surface area contributed by atoms with Gasteiger partial charge in [0.25, 0.3) is 0 Å². The van der Waals surface area contributed by atoms with Gasteiger partial charge >= 0.3 is 5.69 Å². The minimum absolute atomic E-state index is 0.153. The van der Waals surface area contributed by atoms with Crippen LogP contribution in [0, 0.1) is 15.9 Å². The summed E-state index contributed by atoms with van der Waals surface area (Å²) in [6.45, 7) is 0. The zero-order valence-corrected chi connectivity index (χ0v) is 7.94. The highest BCUT2D eigenvalue weighted by molar-refractivity contribution is 5.37. The minimum Gasteiger partial charge on any atom is -0.390 e. The van der Waals surface area contributed by atoms with Gasteiger partial charge in [-0.05, 0) is 18.4 Å². The van der Waals surface area contributed by atoms with Gasteiger partial charge in [-0.3, -0.25) is 10.1 Å². The van der Waals surface area contributed by atoms with Gasteiger partial charge in [0.1, 0.15) is 0 Å². The van der Waals surface area contributed by atoms with Gasteiger partial charge in [-0.1, -0.05) is 12.1 Å².